The fourth-order valence-corrected chi connectivity index (χ4v) is 4.10. The quantitative estimate of drug-likeness (QED) is 0.235. The molecule has 0 saturated heterocycles. The Labute approximate surface area is 215 Å². The van der Waals surface area contributed by atoms with Gasteiger partial charge in [0.2, 0.25) is 0 Å². The van der Waals surface area contributed by atoms with Crippen LogP contribution in [0.5, 0.6) is 0 Å². The first kappa shape index (κ1) is 25.1. The molecular formula is C26H28Cl2N6O. The highest BCUT2D eigenvalue weighted by Gasteiger charge is 2.20. The third-order valence-corrected chi connectivity index (χ3v) is 6.31. The largest absolute Gasteiger partial charge is 0.361 e. The van der Waals surface area contributed by atoms with Gasteiger partial charge in [-0.25, -0.2) is 9.97 Å². The van der Waals surface area contributed by atoms with Gasteiger partial charge in [0.15, 0.2) is 5.82 Å². The van der Waals surface area contributed by atoms with E-state index in [4.69, 9.17) is 37.7 Å². The predicted octanol–water partition coefficient (Wildman–Crippen LogP) is 6.08. The Morgan fingerprint density at radius 2 is 1.71 bits per heavy atom. The third-order valence-electron chi connectivity index (χ3n) is 5.69. The molecule has 182 valence electrons. The highest BCUT2D eigenvalue weighted by molar-refractivity contribution is 6.31. The second-order valence-electron chi connectivity index (χ2n) is 8.29. The number of likely N-dealkylation sites (N-methyl/N-ethyl adjacent to an activating group) is 1. The molecule has 0 amide bonds. The van der Waals surface area contributed by atoms with Crippen LogP contribution in [0.2, 0.25) is 10.0 Å². The number of aryl methyl sites for hydroxylation is 2. The van der Waals surface area contributed by atoms with Gasteiger partial charge < -0.3 is 20.5 Å². The fourth-order valence-electron chi connectivity index (χ4n) is 3.79. The number of hydrogen-bond donors (Lipinski definition) is 3. The molecule has 0 fully saturated rings. The van der Waals surface area contributed by atoms with Crippen LogP contribution in [0.25, 0.3) is 22.6 Å². The van der Waals surface area contributed by atoms with E-state index in [0.717, 1.165) is 52.4 Å². The monoisotopic (exact) mass is 510 g/mol. The summed E-state index contributed by atoms with van der Waals surface area (Å²) in [7, 11) is 1.93. The van der Waals surface area contributed by atoms with Gasteiger partial charge in [-0.3, -0.25) is 0 Å². The van der Waals surface area contributed by atoms with E-state index in [-0.39, 0.29) is 0 Å². The molecule has 0 spiro atoms. The van der Waals surface area contributed by atoms with Crippen molar-refractivity contribution in [2.24, 2.45) is 0 Å². The summed E-state index contributed by atoms with van der Waals surface area (Å²) in [5.74, 6) is 1.98. The van der Waals surface area contributed by atoms with Crippen LogP contribution in [0, 0.1) is 20.8 Å². The number of nitrogens with one attached hydrogen (secondary N) is 3. The Morgan fingerprint density at radius 3 is 2.40 bits per heavy atom. The smallest absolute Gasteiger partial charge is 0.162 e. The summed E-state index contributed by atoms with van der Waals surface area (Å²) in [6.07, 6.45) is 0. The molecule has 0 atom stereocenters. The van der Waals surface area contributed by atoms with Crippen molar-refractivity contribution in [2.75, 3.05) is 25.5 Å². The molecule has 0 aliphatic carbocycles. The molecule has 4 aromatic rings. The minimum absolute atomic E-state index is 0.579. The Balaban J connectivity index is 1.79. The molecule has 35 heavy (non-hydrogen) atoms. The van der Waals surface area contributed by atoms with Gasteiger partial charge in [0.1, 0.15) is 11.6 Å². The van der Waals surface area contributed by atoms with Crippen molar-refractivity contribution in [3.05, 3.63) is 75.1 Å². The molecular weight excluding hydrogens is 483 g/mol. The second-order valence-corrected chi connectivity index (χ2v) is 9.13. The van der Waals surface area contributed by atoms with E-state index < -0.39 is 0 Å². The van der Waals surface area contributed by atoms with Crippen LogP contribution >= 0.6 is 23.2 Å². The number of nitrogens with zero attached hydrogens (tertiary/aromatic N) is 3. The highest BCUT2D eigenvalue weighted by Crippen LogP contribution is 2.34. The highest BCUT2D eigenvalue weighted by atomic mass is 35.5. The van der Waals surface area contributed by atoms with Gasteiger partial charge in [0, 0.05) is 46.5 Å². The van der Waals surface area contributed by atoms with Crippen LogP contribution in [0.15, 0.2) is 47.0 Å². The molecule has 4 rings (SSSR count). The van der Waals surface area contributed by atoms with Gasteiger partial charge in [-0.1, -0.05) is 28.4 Å². The summed E-state index contributed by atoms with van der Waals surface area (Å²) in [6.45, 7) is 8.15. The minimum Gasteiger partial charge on any atom is -0.361 e. The van der Waals surface area contributed by atoms with Crippen LogP contribution in [-0.4, -0.2) is 35.3 Å². The van der Waals surface area contributed by atoms with E-state index in [2.05, 4.69) is 21.1 Å². The van der Waals surface area contributed by atoms with Crippen LogP contribution in [0.1, 0.15) is 22.6 Å². The average Bonchev–Trinajstić information content (AvgIpc) is 3.18. The standard InChI is InChI=1S/C26H28Cl2N6O/c1-15-24(23-16(2)34-35-17(23)3)32-26(33-25(15)31-21-8-6-20(27)7-9-21)18-5-10-22(28)19(13-18)14-30-12-11-29-4/h5-10,13,29-30H,11-12,14H2,1-4H3,(H,31,32,33). The van der Waals surface area contributed by atoms with E-state index in [1.54, 1.807) is 0 Å². The molecule has 0 radical (unpaired) electrons. The molecule has 2 aromatic heterocycles. The van der Waals surface area contributed by atoms with Gasteiger partial charge in [-0.15, -0.1) is 0 Å². The zero-order valence-electron chi connectivity index (χ0n) is 20.2. The maximum atomic E-state index is 6.49. The third kappa shape index (κ3) is 5.82. The summed E-state index contributed by atoms with van der Waals surface area (Å²) in [5.41, 5.74) is 6.03. The molecule has 3 N–H and O–H groups in total. The number of rotatable bonds is 9. The van der Waals surface area contributed by atoms with E-state index in [9.17, 15) is 0 Å². The Bertz CT molecular complexity index is 1300. The second kappa shape index (κ2) is 11.2. The Morgan fingerprint density at radius 1 is 0.943 bits per heavy atom. The van der Waals surface area contributed by atoms with E-state index in [1.807, 2.05) is 70.3 Å². The average molecular weight is 511 g/mol. The Hall–Kier alpha value is -2.97. The summed E-state index contributed by atoms with van der Waals surface area (Å²) >= 11 is 12.6. The fraction of sp³-hybridized carbons (Fsp3) is 0.269. The van der Waals surface area contributed by atoms with Crippen molar-refractivity contribution in [3.63, 3.8) is 0 Å². The van der Waals surface area contributed by atoms with E-state index >= 15 is 0 Å². The SMILES string of the molecule is CNCCNCc1cc(-c2nc(Nc3ccc(Cl)cc3)c(C)c(-c3c(C)noc3C)n2)ccc1Cl. The van der Waals surface area contributed by atoms with Crippen molar-refractivity contribution in [1.82, 2.24) is 25.8 Å². The van der Waals surface area contributed by atoms with Crippen molar-refractivity contribution in [3.8, 4) is 22.6 Å². The number of hydrogen-bond acceptors (Lipinski definition) is 7. The number of aromatic nitrogens is 3. The summed E-state index contributed by atoms with van der Waals surface area (Å²) in [5, 5.41) is 15.4. The molecule has 7 nitrogen and oxygen atoms in total. The predicted molar refractivity (Wildman–Crippen MR) is 143 cm³/mol. The lowest BCUT2D eigenvalue weighted by atomic mass is 10.0. The zero-order chi connectivity index (χ0) is 24.9. The van der Waals surface area contributed by atoms with Crippen LogP contribution in [0.4, 0.5) is 11.5 Å². The Kier molecular flexibility index (Phi) is 8.03. The van der Waals surface area contributed by atoms with Gasteiger partial charge in [0.25, 0.3) is 0 Å². The number of halogens is 2. The van der Waals surface area contributed by atoms with Crippen LogP contribution in [0.3, 0.4) is 0 Å². The van der Waals surface area contributed by atoms with Gasteiger partial charge in [-0.05, 0) is 75.8 Å². The van der Waals surface area contributed by atoms with Crippen molar-refractivity contribution >= 4 is 34.7 Å². The summed E-state index contributed by atoms with van der Waals surface area (Å²) in [6, 6.07) is 13.4. The minimum atomic E-state index is 0.579. The first-order valence-electron chi connectivity index (χ1n) is 11.4. The molecule has 2 heterocycles. The number of anilines is 2. The van der Waals surface area contributed by atoms with Crippen molar-refractivity contribution in [2.45, 2.75) is 27.3 Å². The van der Waals surface area contributed by atoms with Gasteiger partial charge >= 0.3 is 0 Å². The van der Waals surface area contributed by atoms with E-state index in [1.165, 1.54) is 0 Å². The van der Waals surface area contributed by atoms with Crippen LogP contribution < -0.4 is 16.0 Å². The van der Waals surface area contributed by atoms with Crippen molar-refractivity contribution in [1.29, 1.82) is 0 Å². The zero-order valence-corrected chi connectivity index (χ0v) is 21.7. The summed E-state index contributed by atoms with van der Waals surface area (Å²) < 4.78 is 5.44. The lowest BCUT2D eigenvalue weighted by Gasteiger charge is -2.15. The first-order valence-corrected chi connectivity index (χ1v) is 12.1. The van der Waals surface area contributed by atoms with Gasteiger partial charge in [0.05, 0.1) is 17.0 Å². The molecule has 0 aliphatic rings. The lowest BCUT2D eigenvalue weighted by Crippen LogP contribution is -2.24. The first-order chi connectivity index (χ1) is 16.9. The van der Waals surface area contributed by atoms with Crippen LogP contribution in [-0.2, 0) is 6.54 Å². The molecule has 0 aliphatic heterocycles. The maximum absolute atomic E-state index is 6.49. The van der Waals surface area contributed by atoms with E-state index in [0.29, 0.717) is 34.0 Å². The molecule has 0 bridgehead atoms. The molecule has 0 unspecified atom stereocenters. The molecule has 0 saturated carbocycles. The molecule has 2 aromatic carbocycles. The van der Waals surface area contributed by atoms with Gasteiger partial charge in [-0.2, -0.15) is 0 Å². The van der Waals surface area contributed by atoms with Crippen molar-refractivity contribution < 1.29 is 4.52 Å². The maximum Gasteiger partial charge on any atom is 0.162 e. The summed E-state index contributed by atoms with van der Waals surface area (Å²) in [4.78, 5) is 9.85. The molecule has 9 heteroatoms. The number of benzene rings is 2. The lowest BCUT2D eigenvalue weighted by molar-refractivity contribution is 0.393. The normalized spacial score (nSPS) is 11.1. The topological polar surface area (TPSA) is 87.9 Å².